The second-order valence-electron chi connectivity index (χ2n) is 17.2. The fraction of sp³-hybridized carbons (Fsp3) is 0.650. The molecule has 1 amide bonds. The Morgan fingerprint density at radius 1 is 0.964 bits per heavy atom. The molecular formula is C40H53NO14. The van der Waals surface area contributed by atoms with Crippen molar-refractivity contribution in [1.82, 2.24) is 5.32 Å². The van der Waals surface area contributed by atoms with Crippen LogP contribution in [-0.2, 0) is 47.7 Å². The van der Waals surface area contributed by atoms with Gasteiger partial charge in [-0.3, -0.25) is 19.2 Å². The van der Waals surface area contributed by atoms with Crippen LogP contribution in [0.15, 0.2) is 41.5 Å². The predicted octanol–water partition coefficient (Wildman–Crippen LogP) is 2.12. The van der Waals surface area contributed by atoms with Gasteiger partial charge in [-0.2, -0.15) is 0 Å². The standard InChI is InChI=1S/C40H53NO14/c1-19-24(53-35(49)28(46)31(36(5,6)7)41-20(2)42)17-40(50)33(54-34(48)23-14-12-11-13-15-23)30-38(10,25(45)16-26-39(30,18-51-26)55-22(4)44)32(47)29(52-21(3)43)27(19)37(40,8)9/h11-15,24-26,28-31,33,45-46,50H,16-18H2,1-10H3,(H,41,42)/t24?,25-,26+,28+,29+,30-,31+,33-,38+,39-,40+/m0/s1. The third-order valence-electron chi connectivity index (χ3n) is 12.3. The van der Waals surface area contributed by atoms with Gasteiger partial charge in [-0.15, -0.1) is 0 Å². The Balaban J connectivity index is 1.79. The number of fused-ring (bicyclic) bond motifs is 5. The van der Waals surface area contributed by atoms with Gasteiger partial charge in [0.2, 0.25) is 5.91 Å². The first kappa shape index (κ1) is 42.0. The molecule has 3 fully saturated rings. The van der Waals surface area contributed by atoms with Crippen molar-refractivity contribution in [2.75, 3.05) is 6.61 Å². The predicted molar refractivity (Wildman–Crippen MR) is 192 cm³/mol. The molecular weight excluding hydrogens is 718 g/mol. The largest absolute Gasteiger partial charge is 0.456 e. The highest BCUT2D eigenvalue weighted by atomic mass is 16.6. The van der Waals surface area contributed by atoms with E-state index in [0.29, 0.717) is 0 Å². The van der Waals surface area contributed by atoms with Gasteiger partial charge in [-0.1, -0.05) is 52.8 Å². The molecule has 0 radical (unpaired) electrons. The lowest BCUT2D eigenvalue weighted by atomic mass is 9.44. The Hall–Kier alpha value is -4.18. The van der Waals surface area contributed by atoms with Gasteiger partial charge in [0.25, 0.3) is 0 Å². The molecule has 1 aromatic carbocycles. The Morgan fingerprint density at radius 3 is 2.09 bits per heavy atom. The van der Waals surface area contributed by atoms with Gasteiger partial charge in [-0.05, 0) is 42.5 Å². The first-order chi connectivity index (χ1) is 25.3. The van der Waals surface area contributed by atoms with Crippen LogP contribution in [0.4, 0.5) is 0 Å². The van der Waals surface area contributed by atoms with E-state index in [9.17, 15) is 39.3 Å². The summed E-state index contributed by atoms with van der Waals surface area (Å²) in [6, 6.07) is 6.74. The number of benzene rings is 1. The summed E-state index contributed by atoms with van der Waals surface area (Å²) in [5, 5.41) is 39.4. The van der Waals surface area contributed by atoms with Gasteiger partial charge >= 0.3 is 23.9 Å². The first-order valence-electron chi connectivity index (χ1n) is 18.4. The van der Waals surface area contributed by atoms with E-state index in [0.717, 1.165) is 13.8 Å². The average molecular weight is 772 g/mol. The third-order valence-corrected chi connectivity index (χ3v) is 12.3. The van der Waals surface area contributed by atoms with Crippen molar-refractivity contribution in [2.45, 2.75) is 136 Å². The molecule has 0 spiro atoms. The minimum absolute atomic E-state index is 0.0177. The molecule has 3 aliphatic carbocycles. The second-order valence-corrected chi connectivity index (χ2v) is 17.2. The monoisotopic (exact) mass is 771 g/mol. The number of aliphatic hydroxyl groups is 3. The lowest BCUT2D eigenvalue weighted by Gasteiger charge is -2.67. The number of hydrogen-bond acceptors (Lipinski definition) is 14. The van der Waals surface area contributed by atoms with E-state index in [2.05, 4.69) is 5.32 Å². The van der Waals surface area contributed by atoms with Crippen molar-refractivity contribution in [3.8, 4) is 0 Å². The van der Waals surface area contributed by atoms with Gasteiger partial charge < -0.3 is 44.3 Å². The summed E-state index contributed by atoms with van der Waals surface area (Å²) in [7, 11) is 0. The number of ether oxygens (including phenoxy) is 5. The zero-order valence-electron chi connectivity index (χ0n) is 33.0. The van der Waals surface area contributed by atoms with E-state index in [1.807, 2.05) is 0 Å². The minimum Gasteiger partial charge on any atom is -0.456 e. The molecule has 2 bridgehead atoms. The Bertz CT molecular complexity index is 1780. The van der Waals surface area contributed by atoms with E-state index in [-0.39, 0.29) is 29.7 Å². The number of nitrogens with one attached hydrogen (secondary N) is 1. The Morgan fingerprint density at radius 2 is 1.58 bits per heavy atom. The molecule has 1 heterocycles. The molecule has 15 heteroatoms. The van der Waals surface area contributed by atoms with Crippen LogP contribution in [0.25, 0.3) is 0 Å². The van der Waals surface area contributed by atoms with Crippen LogP contribution in [0.2, 0.25) is 0 Å². The first-order valence-corrected chi connectivity index (χ1v) is 18.4. The molecule has 2 saturated carbocycles. The molecule has 302 valence electrons. The van der Waals surface area contributed by atoms with E-state index in [4.69, 9.17) is 23.7 Å². The van der Waals surface area contributed by atoms with Crippen LogP contribution in [-0.4, -0.2) is 111 Å². The van der Waals surface area contributed by atoms with Crippen LogP contribution in [0.3, 0.4) is 0 Å². The number of aliphatic hydroxyl groups excluding tert-OH is 2. The highest BCUT2D eigenvalue weighted by molar-refractivity contribution is 5.95. The number of rotatable bonds is 8. The van der Waals surface area contributed by atoms with Crippen LogP contribution in [0.5, 0.6) is 0 Å². The lowest BCUT2D eigenvalue weighted by molar-refractivity contribution is -0.346. The number of hydrogen-bond donors (Lipinski definition) is 4. The third kappa shape index (κ3) is 6.87. The summed E-state index contributed by atoms with van der Waals surface area (Å²) < 4.78 is 30.0. The molecule has 4 N–H and O–H groups in total. The number of esters is 4. The van der Waals surface area contributed by atoms with Gasteiger partial charge in [0.15, 0.2) is 23.6 Å². The molecule has 4 aliphatic rings. The topological polar surface area (TPSA) is 221 Å². The molecule has 15 nitrogen and oxygen atoms in total. The molecule has 1 saturated heterocycles. The van der Waals surface area contributed by atoms with E-state index < -0.39 is 118 Å². The van der Waals surface area contributed by atoms with Gasteiger partial charge in [0.05, 0.1) is 35.6 Å². The number of carbonyl (C=O) groups excluding carboxylic acids is 6. The molecule has 11 atom stereocenters. The summed E-state index contributed by atoms with van der Waals surface area (Å²) >= 11 is 0. The fourth-order valence-electron chi connectivity index (χ4n) is 9.35. The molecule has 1 unspecified atom stereocenters. The van der Waals surface area contributed by atoms with Crippen molar-refractivity contribution >= 4 is 35.6 Å². The molecule has 1 aromatic rings. The minimum atomic E-state index is -2.35. The second kappa shape index (κ2) is 14.4. The molecule has 5 rings (SSSR count). The normalized spacial score (nSPS) is 34.9. The number of ketones is 1. The van der Waals surface area contributed by atoms with Crippen molar-refractivity contribution in [3.63, 3.8) is 0 Å². The SMILES string of the molecule is CC(=O)N[C@H]([C@@H](O)C(=O)OC1C[C@@]2(O)[C@@H](OC(=O)c3ccccc3)[C@@H]3[C@]4(OC(C)=O)CO[C@@H]4C[C@H](O)[C@@]3(C)C(=O)[C@H](OC(C)=O)C(=C1C)C2(C)C)C(C)(C)C. The van der Waals surface area contributed by atoms with Crippen molar-refractivity contribution in [1.29, 1.82) is 0 Å². The Labute approximate surface area is 320 Å². The maximum atomic E-state index is 15.3. The highest BCUT2D eigenvalue weighted by Gasteiger charge is 2.78. The highest BCUT2D eigenvalue weighted by Crippen LogP contribution is 2.64. The van der Waals surface area contributed by atoms with Gasteiger partial charge in [0.1, 0.15) is 23.9 Å². The number of carbonyl (C=O) groups is 6. The summed E-state index contributed by atoms with van der Waals surface area (Å²) in [4.78, 5) is 81.1. The summed E-state index contributed by atoms with van der Waals surface area (Å²) in [5.41, 5.74) is -8.29. The maximum Gasteiger partial charge on any atom is 0.338 e. The van der Waals surface area contributed by atoms with Crippen molar-refractivity contribution < 1.29 is 67.8 Å². The van der Waals surface area contributed by atoms with Crippen LogP contribution < -0.4 is 5.32 Å². The molecule has 1 aliphatic heterocycles. The quantitative estimate of drug-likeness (QED) is 0.169. The fourth-order valence-corrected chi connectivity index (χ4v) is 9.35. The van der Waals surface area contributed by atoms with Crippen LogP contribution in [0.1, 0.15) is 92.4 Å². The maximum absolute atomic E-state index is 15.3. The average Bonchev–Trinajstić information content (AvgIpc) is 3.07. The summed E-state index contributed by atoms with van der Waals surface area (Å²) in [6.07, 6.45) is -10.2. The molecule has 55 heavy (non-hydrogen) atoms. The van der Waals surface area contributed by atoms with E-state index >= 15 is 4.79 Å². The number of amides is 1. The van der Waals surface area contributed by atoms with Crippen LogP contribution >= 0.6 is 0 Å². The van der Waals surface area contributed by atoms with Crippen LogP contribution in [0, 0.1) is 22.2 Å². The van der Waals surface area contributed by atoms with E-state index in [1.54, 1.807) is 52.8 Å². The zero-order chi connectivity index (χ0) is 41.2. The Kier molecular flexibility index (Phi) is 11.0. The van der Waals surface area contributed by atoms with Gasteiger partial charge in [0, 0.05) is 39.0 Å². The molecule has 0 aromatic heterocycles. The van der Waals surface area contributed by atoms with Crippen molar-refractivity contribution in [3.05, 3.63) is 47.0 Å². The van der Waals surface area contributed by atoms with E-state index in [1.165, 1.54) is 32.9 Å². The van der Waals surface area contributed by atoms with Crippen molar-refractivity contribution in [2.24, 2.45) is 22.2 Å². The summed E-state index contributed by atoms with van der Waals surface area (Å²) in [6.45, 7) is 14.3. The lowest BCUT2D eigenvalue weighted by Crippen LogP contribution is -2.82. The zero-order valence-corrected chi connectivity index (χ0v) is 33.0. The summed E-state index contributed by atoms with van der Waals surface area (Å²) in [5.74, 6) is -6.62. The number of Topliss-reactive ketones (excluding diaryl/α,β-unsaturated/α-hetero) is 1. The van der Waals surface area contributed by atoms with Gasteiger partial charge in [-0.25, -0.2) is 9.59 Å². The smallest absolute Gasteiger partial charge is 0.338 e.